The van der Waals surface area contributed by atoms with E-state index in [2.05, 4.69) is 6.58 Å². The lowest BCUT2D eigenvalue weighted by Crippen LogP contribution is -2.08. The Morgan fingerprint density at radius 1 is 1.80 bits per heavy atom. The number of hydrogen-bond donors (Lipinski definition) is 0. The molecule has 0 spiro atoms. The first-order valence-electron chi connectivity index (χ1n) is 3.57. The third-order valence-corrected chi connectivity index (χ3v) is 1.89. The summed E-state index contributed by atoms with van der Waals surface area (Å²) in [4.78, 5) is 10.7. The molecule has 0 saturated heterocycles. The molecule has 0 radical (unpaired) electrons. The molecule has 0 aromatic carbocycles. The van der Waals surface area contributed by atoms with Gasteiger partial charge in [-0.1, -0.05) is 6.92 Å². The van der Waals surface area contributed by atoms with E-state index in [1.807, 2.05) is 12.6 Å². The van der Waals surface area contributed by atoms with Crippen molar-refractivity contribution in [3.63, 3.8) is 0 Å². The van der Waals surface area contributed by atoms with Crippen LogP contribution < -0.4 is 0 Å². The molecule has 0 aromatic heterocycles. The Morgan fingerprint density at radius 3 is 3.00 bits per heavy atom. The Labute approximate surface area is 64.1 Å². The van der Waals surface area contributed by atoms with Gasteiger partial charge in [0.2, 0.25) is 0 Å². The van der Waals surface area contributed by atoms with Crippen LogP contribution >= 0.6 is 0 Å². The summed E-state index contributed by atoms with van der Waals surface area (Å²) < 4.78 is 4.87. The van der Waals surface area contributed by atoms with Crippen molar-refractivity contribution >= 4 is 15.5 Å². The van der Waals surface area contributed by atoms with E-state index in [0.717, 1.165) is 6.42 Å². The highest BCUT2D eigenvalue weighted by Crippen LogP contribution is 1.89. The first kappa shape index (κ1) is 9.43. The molecular weight excluding hydrogens is 144 g/mol. The molecule has 0 atom stereocenters. The van der Waals surface area contributed by atoms with Gasteiger partial charge in [-0.25, -0.2) is 0 Å². The smallest absolute Gasteiger partial charge is 0.305 e. The standard InChI is InChI=1S/C7H14O2Si/c1-3-5-7(8)9-6-10-4-2/h4H,2-3,5-6,10H2,1H3. The van der Waals surface area contributed by atoms with Crippen molar-refractivity contribution in [1.29, 1.82) is 0 Å². The lowest BCUT2D eigenvalue weighted by Gasteiger charge is -1.99. The fourth-order valence-corrected chi connectivity index (χ4v) is 1.04. The van der Waals surface area contributed by atoms with Crippen LogP contribution in [0.3, 0.4) is 0 Å². The van der Waals surface area contributed by atoms with Gasteiger partial charge in [-0.3, -0.25) is 4.79 Å². The van der Waals surface area contributed by atoms with Crippen LogP contribution in [0.4, 0.5) is 0 Å². The SMILES string of the molecule is C=C[SiH2]COC(=O)CCC. The molecule has 0 aliphatic carbocycles. The van der Waals surface area contributed by atoms with Crippen molar-refractivity contribution < 1.29 is 9.53 Å². The first-order chi connectivity index (χ1) is 4.81. The van der Waals surface area contributed by atoms with E-state index in [4.69, 9.17) is 4.74 Å². The summed E-state index contributed by atoms with van der Waals surface area (Å²) in [6.45, 7) is 5.54. The highest BCUT2D eigenvalue weighted by molar-refractivity contribution is 6.41. The molecule has 0 unspecified atom stereocenters. The summed E-state index contributed by atoms with van der Waals surface area (Å²) in [6.07, 6.45) is 2.03. The highest BCUT2D eigenvalue weighted by atomic mass is 28.2. The van der Waals surface area contributed by atoms with Crippen LogP contribution in [0.5, 0.6) is 0 Å². The third kappa shape index (κ3) is 5.56. The van der Waals surface area contributed by atoms with Gasteiger partial charge in [0, 0.05) is 6.42 Å². The molecule has 58 valence electrons. The van der Waals surface area contributed by atoms with Gasteiger partial charge in [-0.15, -0.1) is 12.3 Å². The minimum absolute atomic E-state index is 0.0724. The van der Waals surface area contributed by atoms with E-state index < -0.39 is 0 Å². The first-order valence-corrected chi connectivity index (χ1v) is 5.39. The minimum Gasteiger partial charge on any atom is -0.470 e. The van der Waals surface area contributed by atoms with E-state index in [1.165, 1.54) is 0 Å². The number of rotatable bonds is 5. The van der Waals surface area contributed by atoms with Crippen LogP contribution in [0, 0.1) is 0 Å². The van der Waals surface area contributed by atoms with Gasteiger partial charge in [-0.2, -0.15) is 0 Å². The molecule has 0 N–H and O–H groups in total. The molecule has 0 heterocycles. The second-order valence-corrected chi connectivity index (χ2v) is 3.61. The Bertz CT molecular complexity index is 112. The maximum atomic E-state index is 10.7. The summed E-state index contributed by atoms with van der Waals surface area (Å²) in [5.41, 5.74) is 1.87. The van der Waals surface area contributed by atoms with Gasteiger partial charge in [0.25, 0.3) is 0 Å². The summed E-state index contributed by atoms with van der Waals surface area (Å²) in [6, 6.07) is 0. The van der Waals surface area contributed by atoms with E-state index in [1.54, 1.807) is 0 Å². The summed E-state index contributed by atoms with van der Waals surface area (Å²) in [7, 11) is -0.317. The maximum absolute atomic E-state index is 10.7. The van der Waals surface area contributed by atoms with Gasteiger partial charge in [0.05, 0.1) is 15.7 Å². The molecule has 0 aromatic rings. The Morgan fingerprint density at radius 2 is 2.50 bits per heavy atom. The Hall–Kier alpha value is -0.573. The predicted octanol–water partition coefficient (Wildman–Crippen LogP) is 0.599. The molecule has 0 saturated carbocycles. The lowest BCUT2D eigenvalue weighted by molar-refractivity contribution is -0.141. The molecule has 10 heavy (non-hydrogen) atoms. The number of carbonyl (C=O) groups excluding carboxylic acids is 1. The minimum atomic E-state index is -0.317. The third-order valence-electron chi connectivity index (χ3n) is 1.04. The summed E-state index contributed by atoms with van der Waals surface area (Å²) >= 11 is 0. The van der Waals surface area contributed by atoms with Crippen LogP contribution in [0.1, 0.15) is 19.8 Å². The second-order valence-electron chi connectivity index (χ2n) is 2.05. The molecular formula is C7H14O2Si. The average Bonchev–Trinajstić information content (AvgIpc) is 1.89. The van der Waals surface area contributed by atoms with E-state index >= 15 is 0 Å². The molecule has 0 rings (SSSR count). The van der Waals surface area contributed by atoms with Gasteiger partial charge in [0.15, 0.2) is 0 Å². The molecule has 3 heteroatoms. The zero-order chi connectivity index (χ0) is 7.82. The number of carbonyl (C=O) groups is 1. The number of hydrogen-bond acceptors (Lipinski definition) is 2. The van der Waals surface area contributed by atoms with Crippen molar-refractivity contribution in [2.24, 2.45) is 0 Å². The van der Waals surface area contributed by atoms with Crippen LogP contribution in [-0.2, 0) is 9.53 Å². The normalized spacial score (nSPS) is 10.1. The zero-order valence-corrected chi connectivity index (χ0v) is 7.84. The molecule has 0 bridgehead atoms. The lowest BCUT2D eigenvalue weighted by atomic mass is 10.3. The average molecular weight is 158 g/mol. The monoisotopic (exact) mass is 158 g/mol. The van der Waals surface area contributed by atoms with Crippen LogP contribution in [0.25, 0.3) is 0 Å². The van der Waals surface area contributed by atoms with Gasteiger partial charge >= 0.3 is 5.97 Å². The van der Waals surface area contributed by atoms with Crippen molar-refractivity contribution in [2.45, 2.75) is 19.8 Å². The van der Waals surface area contributed by atoms with Crippen molar-refractivity contribution in [3.8, 4) is 0 Å². The van der Waals surface area contributed by atoms with Crippen LogP contribution in [0.2, 0.25) is 0 Å². The van der Waals surface area contributed by atoms with Crippen molar-refractivity contribution in [2.75, 3.05) is 6.23 Å². The van der Waals surface area contributed by atoms with Crippen molar-refractivity contribution in [3.05, 3.63) is 12.3 Å². The fraction of sp³-hybridized carbons (Fsp3) is 0.571. The maximum Gasteiger partial charge on any atom is 0.305 e. The second kappa shape index (κ2) is 6.55. The van der Waals surface area contributed by atoms with Crippen LogP contribution in [0.15, 0.2) is 12.3 Å². The summed E-state index contributed by atoms with van der Waals surface area (Å²) in [5.74, 6) is -0.0724. The van der Waals surface area contributed by atoms with Crippen molar-refractivity contribution in [1.82, 2.24) is 0 Å². The Kier molecular flexibility index (Phi) is 6.17. The molecule has 2 nitrogen and oxygen atoms in total. The zero-order valence-electron chi connectivity index (χ0n) is 6.43. The molecule has 0 fully saturated rings. The van der Waals surface area contributed by atoms with E-state index in [0.29, 0.717) is 12.7 Å². The van der Waals surface area contributed by atoms with E-state index in [9.17, 15) is 4.79 Å². The van der Waals surface area contributed by atoms with Gasteiger partial charge in [0.1, 0.15) is 0 Å². The summed E-state index contributed by atoms with van der Waals surface area (Å²) in [5, 5.41) is 0. The quantitative estimate of drug-likeness (QED) is 0.333. The fourth-order valence-electron chi connectivity index (χ4n) is 0.532. The largest absolute Gasteiger partial charge is 0.470 e. The van der Waals surface area contributed by atoms with Gasteiger partial charge in [-0.05, 0) is 6.42 Å². The van der Waals surface area contributed by atoms with Gasteiger partial charge < -0.3 is 4.74 Å². The molecule has 0 aliphatic heterocycles. The molecule has 0 amide bonds. The van der Waals surface area contributed by atoms with Crippen LogP contribution in [-0.4, -0.2) is 21.7 Å². The number of ether oxygens (including phenoxy) is 1. The van der Waals surface area contributed by atoms with E-state index in [-0.39, 0.29) is 15.5 Å². The topological polar surface area (TPSA) is 26.3 Å². The molecule has 0 aliphatic rings. The highest BCUT2D eigenvalue weighted by Gasteiger charge is 1.97. The Balaban J connectivity index is 3.13. The number of esters is 1. The predicted molar refractivity (Wildman–Crippen MR) is 44.6 cm³/mol.